The first-order valence-electron chi connectivity index (χ1n) is 11.7. The summed E-state index contributed by atoms with van der Waals surface area (Å²) in [4.78, 5) is 18.1. The maximum absolute atomic E-state index is 11.5. The Bertz CT molecular complexity index is 1240. The van der Waals surface area contributed by atoms with Crippen LogP contribution in [0.2, 0.25) is 0 Å². The molecule has 0 aliphatic heterocycles. The summed E-state index contributed by atoms with van der Waals surface area (Å²) in [5, 5.41) is 9.45. The van der Waals surface area contributed by atoms with Gasteiger partial charge in [-0.1, -0.05) is 60.7 Å². The number of carboxylic acids is 1. The third kappa shape index (κ3) is 6.58. The summed E-state index contributed by atoms with van der Waals surface area (Å²) in [5.41, 5.74) is 3.91. The maximum atomic E-state index is 11.5. The van der Waals surface area contributed by atoms with Crippen LogP contribution >= 0.6 is 0 Å². The normalized spacial score (nSPS) is 12.0. The van der Waals surface area contributed by atoms with E-state index in [9.17, 15) is 9.90 Å². The van der Waals surface area contributed by atoms with Gasteiger partial charge < -0.3 is 14.3 Å². The number of ether oxygens (including phenoxy) is 1. The van der Waals surface area contributed by atoms with Crippen LogP contribution in [-0.2, 0) is 17.8 Å². The van der Waals surface area contributed by atoms with E-state index in [-0.39, 0.29) is 12.6 Å². The van der Waals surface area contributed by atoms with Crippen molar-refractivity contribution in [1.82, 2.24) is 9.88 Å². The zero-order valence-electron chi connectivity index (χ0n) is 20.1. The van der Waals surface area contributed by atoms with Crippen LogP contribution in [0.3, 0.4) is 0 Å². The van der Waals surface area contributed by atoms with Crippen LogP contribution in [0.25, 0.3) is 11.5 Å². The van der Waals surface area contributed by atoms with Crippen molar-refractivity contribution >= 4 is 5.97 Å². The van der Waals surface area contributed by atoms with E-state index in [1.807, 2.05) is 104 Å². The number of hydrogen-bond acceptors (Lipinski definition) is 5. The summed E-state index contributed by atoms with van der Waals surface area (Å²) in [6.45, 7) is 4.87. The topological polar surface area (TPSA) is 75.8 Å². The third-order valence-electron chi connectivity index (χ3n) is 5.97. The van der Waals surface area contributed by atoms with Gasteiger partial charge in [-0.05, 0) is 49.2 Å². The number of carboxylic acid groups (broad SMARTS) is 1. The maximum Gasteiger partial charge on any atom is 0.317 e. The molecule has 0 saturated heterocycles. The van der Waals surface area contributed by atoms with Crippen molar-refractivity contribution in [3.63, 3.8) is 0 Å². The lowest BCUT2D eigenvalue weighted by Crippen LogP contribution is -2.32. The van der Waals surface area contributed by atoms with Crippen LogP contribution in [0.4, 0.5) is 0 Å². The molecular weight excluding hydrogens is 440 g/mol. The Kier molecular flexibility index (Phi) is 7.95. The summed E-state index contributed by atoms with van der Waals surface area (Å²) >= 11 is 0. The van der Waals surface area contributed by atoms with E-state index in [4.69, 9.17) is 9.15 Å². The average molecular weight is 471 g/mol. The Labute approximate surface area is 205 Å². The first-order valence-corrected chi connectivity index (χ1v) is 11.7. The first-order chi connectivity index (χ1) is 17.0. The van der Waals surface area contributed by atoms with Crippen LogP contribution in [0.5, 0.6) is 5.75 Å². The minimum Gasteiger partial charge on any atom is -0.493 e. The van der Waals surface area contributed by atoms with Crippen LogP contribution in [0.1, 0.15) is 35.5 Å². The molecule has 1 atom stereocenters. The number of aromatic nitrogens is 1. The van der Waals surface area contributed by atoms with Crippen molar-refractivity contribution in [3.05, 3.63) is 108 Å². The van der Waals surface area contributed by atoms with E-state index in [1.165, 1.54) is 0 Å². The van der Waals surface area contributed by atoms with Crippen molar-refractivity contribution in [1.29, 1.82) is 0 Å². The zero-order valence-corrected chi connectivity index (χ0v) is 20.1. The molecule has 4 aromatic rings. The van der Waals surface area contributed by atoms with Gasteiger partial charge in [-0.2, -0.15) is 0 Å². The summed E-state index contributed by atoms with van der Waals surface area (Å²) in [6, 6.07) is 27.6. The predicted octanol–water partition coefficient (Wildman–Crippen LogP) is 5.92. The fourth-order valence-electron chi connectivity index (χ4n) is 4.04. The molecule has 180 valence electrons. The van der Waals surface area contributed by atoms with E-state index in [2.05, 4.69) is 4.98 Å². The number of benzene rings is 3. The van der Waals surface area contributed by atoms with Gasteiger partial charge in [-0.25, -0.2) is 4.98 Å². The SMILES string of the molecule is Cc1oc(-c2ccccc2)nc1CCOc1cccc(CN(CC(=O)O)[C@H](C)c2ccccc2)c1. The molecule has 0 unspecified atom stereocenters. The fraction of sp³-hybridized carbons (Fsp3) is 0.241. The molecule has 0 amide bonds. The average Bonchev–Trinajstić information content (AvgIpc) is 3.24. The molecule has 4 rings (SSSR count). The van der Waals surface area contributed by atoms with Crippen molar-refractivity contribution in [2.75, 3.05) is 13.2 Å². The molecule has 6 nitrogen and oxygen atoms in total. The number of nitrogens with zero attached hydrogens (tertiary/aromatic N) is 2. The van der Waals surface area contributed by atoms with Gasteiger partial charge in [-0.15, -0.1) is 0 Å². The predicted molar refractivity (Wildman–Crippen MR) is 135 cm³/mol. The molecule has 0 fully saturated rings. The summed E-state index contributed by atoms with van der Waals surface area (Å²) in [7, 11) is 0. The summed E-state index contributed by atoms with van der Waals surface area (Å²) in [5.74, 6) is 1.30. The van der Waals surface area contributed by atoms with Gasteiger partial charge in [0.25, 0.3) is 0 Å². The van der Waals surface area contributed by atoms with Crippen LogP contribution in [0, 0.1) is 6.92 Å². The third-order valence-corrected chi connectivity index (χ3v) is 5.97. The Hall–Kier alpha value is -3.90. The lowest BCUT2D eigenvalue weighted by Gasteiger charge is -2.28. The van der Waals surface area contributed by atoms with Crippen molar-refractivity contribution < 1.29 is 19.1 Å². The smallest absolute Gasteiger partial charge is 0.317 e. The molecule has 0 bridgehead atoms. The standard InChI is InChI=1S/C29H30N2O4/c1-21(24-11-5-3-6-12-24)31(20-28(32)33)19-23-10-9-15-26(18-23)34-17-16-27-22(2)35-29(30-27)25-13-7-4-8-14-25/h3-15,18,21H,16-17,19-20H2,1-2H3,(H,32,33)/t21-/m1/s1. The highest BCUT2D eigenvalue weighted by Crippen LogP contribution is 2.24. The molecule has 1 aromatic heterocycles. The van der Waals surface area contributed by atoms with Crippen LogP contribution in [0.15, 0.2) is 89.3 Å². The van der Waals surface area contributed by atoms with Gasteiger partial charge in [-0.3, -0.25) is 9.69 Å². The molecule has 0 aliphatic rings. The number of oxazole rings is 1. The molecule has 1 heterocycles. The second-order valence-electron chi connectivity index (χ2n) is 8.52. The molecule has 1 N–H and O–H groups in total. The zero-order chi connectivity index (χ0) is 24.6. The van der Waals surface area contributed by atoms with Gasteiger partial charge in [0.2, 0.25) is 5.89 Å². The highest BCUT2D eigenvalue weighted by Gasteiger charge is 2.19. The van der Waals surface area contributed by atoms with Gasteiger partial charge in [0.1, 0.15) is 11.5 Å². The number of aryl methyl sites for hydroxylation is 1. The highest BCUT2D eigenvalue weighted by atomic mass is 16.5. The van der Waals surface area contributed by atoms with Gasteiger partial charge >= 0.3 is 5.97 Å². The number of hydrogen-bond donors (Lipinski definition) is 1. The number of aliphatic carboxylic acids is 1. The first kappa shape index (κ1) is 24.2. The van der Waals surface area contributed by atoms with E-state index in [1.54, 1.807) is 0 Å². The number of carbonyl (C=O) groups is 1. The van der Waals surface area contributed by atoms with E-state index in [0.29, 0.717) is 25.5 Å². The quantitative estimate of drug-likeness (QED) is 0.293. The molecule has 3 aromatic carbocycles. The van der Waals surface area contributed by atoms with Crippen molar-refractivity contribution in [2.24, 2.45) is 0 Å². The molecule has 6 heteroatoms. The van der Waals surface area contributed by atoms with E-state index in [0.717, 1.165) is 33.9 Å². The lowest BCUT2D eigenvalue weighted by molar-refractivity contribution is -0.139. The summed E-state index contributed by atoms with van der Waals surface area (Å²) < 4.78 is 11.8. The Morgan fingerprint density at radius 3 is 2.46 bits per heavy atom. The molecule has 0 spiro atoms. The fourth-order valence-corrected chi connectivity index (χ4v) is 4.04. The van der Waals surface area contributed by atoms with E-state index < -0.39 is 5.97 Å². The number of rotatable bonds is 11. The minimum absolute atomic E-state index is 0.0363. The van der Waals surface area contributed by atoms with Crippen LogP contribution < -0.4 is 4.74 Å². The highest BCUT2D eigenvalue weighted by molar-refractivity contribution is 5.69. The van der Waals surface area contributed by atoms with Gasteiger partial charge in [0.05, 0.1) is 18.8 Å². The Morgan fingerprint density at radius 1 is 1.03 bits per heavy atom. The van der Waals surface area contributed by atoms with Crippen molar-refractivity contribution in [2.45, 2.75) is 32.9 Å². The van der Waals surface area contributed by atoms with Crippen molar-refractivity contribution in [3.8, 4) is 17.2 Å². The van der Waals surface area contributed by atoms with Gasteiger partial charge in [0.15, 0.2) is 0 Å². The summed E-state index contributed by atoms with van der Waals surface area (Å²) in [6.07, 6.45) is 0.628. The van der Waals surface area contributed by atoms with Gasteiger partial charge in [0, 0.05) is 24.6 Å². The second-order valence-corrected chi connectivity index (χ2v) is 8.52. The minimum atomic E-state index is -0.849. The Morgan fingerprint density at radius 2 is 1.74 bits per heavy atom. The largest absolute Gasteiger partial charge is 0.493 e. The van der Waals surface area contributed by atoms with Crippen LogP contribution in [-0.4, -0.2) is 34.1 Å². The molecule has 0 radical (unpaired) electrons. The molecule has 0 aliphatic carbocycles. The molecule has 0 saturated carbocycles. The Balaban J connectivity index is 1.39. The monoisotopic (exact) mass is 470 g/mol. The lowest BCUT2D eigenvalue weighted by atomic mass is 10.1. The molecular formula is C29H30N2O4. The van der Waals surface area contributed by atoms with E-state index >= 15 is 0 Å². The molecule has 35 heavy (non-hydrogen) atoms. The second kappa shape index (κ2) is 11.5.